The molecule has 0 aliphatic heterocycles. The van der Waals surface area contributed by atoms with E-state index in [2.05, 4.69) is 0 Å². The third-order valence-electron chi connectivity index (χ3n) is 3.70. The van der Waals surface area contributed by atoms with Gasteiger partial charge in [-0.15, -0.1) is 0 Å². The van der Waals surface area contributed by atoms with Crippen LogP contribution < -0.4 is 5.62 Å². The zero-order valence-electron chi connectivity index (χ0n) is 12.1. The van der Waals surface area contributed by atoms with E-state index < -0.39 is 0 Å². The Morgan fingerprint density at radius 1 is 1.13 bits per heavy atom. The highest BCUT2D eigenvalue weighted by Crippen LogP contribution is 2.24. The molecule has 0 spiro atoms. The van der Waals surface area contributed by atoms with E-state index >= 15 is 0 Å². The Balaban J connectivity index is 2.09. The number of hydrogen-bond acceptors (Lipinski definition) is 2. The molecule has 0 radical (unpaired) electrons. The highest BCUT2D eigenvalue weighted by Gasteiger charge is 2.16. The van der Waals surface area contributed by atoms with Gasteiger partial charge in [-0.3, -0.25) is 10.2 Å². The predicted octanol–water partition coefficient (Wildman–Crippen LogP) is 4.30. The number of carbonyl (C=O) groups excluding carboxylic acids is 1. The molecule has 3 rings (SSSR count). The summed E-state index contributed by atoms with van der Waals surface area (Å²) < 4.78 is 3.25. The number of aryl methyl sites for hydroxylation is 1. The van der Waals surface area contributed by atoms with Crippen molar-refractivity contribution >= 4 is 51.6 Å². The van der Waals surface area contributed by atoms with Gasteiger partial charge in [0.1, 0.15) is 0 Å². The van der Waals surface area contributed by atoms with Gasteiger partial charge in [0, 0.05) is 17.6 Å². The average molecular weight is 369 g/mol. The van der Waals surface area contributed by atoms with Crippen LogP contribution in [-0.2, 0) is 13.6 Å². The number of ketones is 1. The number of benzene rings is 2. The molecule has 2 aromatic carbocycles. The fraction of sp³-hybridized carbons (Fsp3) is 0.125. The van der Waals surface area contributed by atoms with Gasteiger partial charge in [0.25, 0.3) is 0 Å². The van der Waals surface area contributed by atoms with Crippen LogP contribution in [-0.4, -0.2) is 14.9 Å². The number of imidazole rings is 1. The summed E-state index contributed by atoms with van der Waals surface area (Å²) in [6, 6.07) is 10.1. The van der Waals surface area contributed by atoms with Crippen LogP contribution in [0.15, 0.2) is 36.4 Å². The van der Waals surface area contributed by atoms with E-state index in [0.717, 1.165) is 5.52 Å². The maximum absolute atomic E-state index is 12.6. The lowest BCUT2D eigenvalue weighted by Gasteiger charge is -2.06. The lowest BCUT2D eigenvalue weighted by Crippen LogP contribution is -2.26. The van der Waals surface area contributed by atoms with Crippen molar-refractivity contribution in [2.24, 2.45) is 7.05 Å². The van der Waals surface area contributed by atoms with Gasteiger partial charge >= 0.3 is 0 Å². The topological polar surface area (TPSA) is 50.8 Å². The highest BCUT2D eigenvalue weighted by molar-refractivity contribution is 6.37. The van der Waals surface area contributed by atoms with Crippen LogP contribution in [0, 0.1) is 5.41 Å². The first-order chi connectivity index (χ1) is 10.9. The molecule has 1 aromatic heterocycles. The van der Waals surface area contributed by atoms with E-state index in [-0.39, 0.29) is 17.9 Å². The smallest absolute Gasteiger partial charge is 0.203 e. The van der Waals surface area contributed by atoms with Gasteiger partial charge in [-0.05, 0) is 30.3 Å². The Labute approximate surface area is 147 Å². The SMILES string of the molecule is Cn1c(=N)n(CC(=O)c2ccc(Cl)cc2Cl)c2cccc(Cl)c21. The summed E-state index contributed by atoms with van der Waals surface area (Å²) in [6.07, 6.45) is 0. The maximum atomic E-state index is 12.6. The Bertz CT molecular complexity index is 988. The third-order valence-corrected chi connectivity index (χ3v) is 4.55. The van der Waals surface area contributed by atoms with E-state index in [1.807, 2.05) is 6.07 Å². The summed E-state index contributed by atoms with van der Waals surface area (Å²) in [6.45, 7) is -0.00212. The van der Waals surface area contributed by atoms with Crippen molar-refractivity contribution in [2.75, 3.05) is 0 Å². The second kappa shape index (κ2) is 6.04. The summed E-state index contributed by atoms with van der Waals surface area (Å²) in [7, 11) is 1.74. The van der Waals surface area contributed by atoms with E-state index in [4.69, 9.17) is 40.2 Å². The number of halogens is 3. The van der Waals surface area contributed by atoms with Crippen LogP contribution in [0.3, 0.4) is 0 Å². The van der Waals surface area contributed by atoms with E-state index in [1.165, 1.54) is 6.07 Å². The summed E-state index contributed by atoms with van der Waals surface area (Å²) in [5.41, 5.74) is 2.01. The number of aromatic nitrogens is 2. The van der Waals surface area contributed by atoms with Gasteiger partial charge in [-0.25, -0.2) is 0 Å². The number of carbonyl (C=O) groups is 1. The van der Waals surface area contributed by atoms with Crippen molar-refractivity contribution in [3.05, 3.63) is 62.6 Å². The van der Waals surface area contributed by atoms with Crippen molar-refractivity contribution in [3.8, 4) is 0 Å². The van der Waals surface area contributed by atoms with Crippen molar-refractivity contribution in [3.63, 3.8) is 0 Å². The summed E-state index contributed by atoms with van der Waals surface area (Å²) in [4.78, 5) is 12.6. The summed E-state index contributed by atoms with van der Waals surface area (Å²) >= 11 is 18.2. The van der Waals surface area contributed by atoms with Gasteiger partial charge in [0.15, 0.2) is 5.78 Å². The zero-order chi connectivity index (χ0) is 16.7. The van der Waals surface area contributed by atoms with Gasteiger partial charge in [0.2, 0.25) is 5.62 Å². The second-order valence-electron chi connectivity index (χ2n) is 5.12. The zero-order valence-corrected chi connectivity index (χ0v) is 14.4. The quantitative estimate of drug-likeness (QED) is 0.688. The monoisotopic (exact) mass is 367 g/mol. The van der Waals surface area contributed by atoms with Crippen molar-refractivity contribution in [1.82, 2.24) is 9.13 Å². The Hall–Kier alpha value is -1.75. The third kappa shape index (κ3) is 2.78. The maximum Gasteiger partial charge on any atom is 0.203 e. The summed E-state index contributed by atoms with van der Waals surface area (Å²) in [5, 5.41) is 9.53. The lowest BCUT2D eigenvalue weighted by atomic mass is 10.1. The largest absolute Gasteiger partial charge is 0.312 e. The molecule has 0 aliphatic carbocycles. The normalized spacial score (nSPS) is 11.1. The van der Waals surface area contributed by atoms with E-state index in [9.17, 15) is 4.79 Å². The van der Waals surface area contributed by atoms with E-state index in [1.54, 1.807) is 40.4 Å². The minimum atomic E-state index is -0.197. The minimum Gasteiger partial charge on any atom is -0.312 e. The number of Topliss-reactive ketones (excluding diaryl/α,β-unsaturated/α-hetero) is 1. The molecule has 3 aromatic rings. The molecule has 0 bridgehead atoms. The Kier molecular flexibility index (Phi) is 4.23. The van der Waals surface area contributed by atoms with Crippen LogP contribution in [0.5, 0.6) is 0 Å². The Morgan fingerprint density at radius 2 is 1.87 bits per heavy atom. The molecule has 0 saturated heterocycles. The molecule has 0 saturated carbocycles. The first kappa shape index (κ1) is 16.1. The van der Waals surface area contributed by atoms with Crippen LogP contribution >= 0.6 is 34.8 Å². The minimum absolute atomic E-state index is 0.00212. The van der Waals surface area contributed by atoms with Crippen molar-refractivity contribution < 1.29 is 4.79 Å². The van der Waals surface area contributed by atoms with Crippen LogP contribution in [0.2, 0.25) is 15.1 Å². The fourth-order valence-electron chi connectivity index (χ4n) is 2.56. The molecule has 118 valence electrons. The molecule has 4 nitrogen and oxygen atoms in total. The predicted molar refractivity (Wildman–Crippen MR) is 92.6 cm³/mol. The molecule has 1 N–H and O–H groups in total. The van der Waals surface area contributed by atoms with Gasteiger partial charge in [-0.1, -0.05) is 40.9 Å². The lowest BCUT2D eigenvalue weighted by molar-refractivity contribution is 0.0971. The molecular weight excluding hydrogens is 357 g/mol. The van der Waals surface area contributed by atoms with Crippen LogP contribution in [0.4, 0.5) is 0 Å². The molecule has 0 aliphatic rings. The molecule has 1 heterocycles. The van der Waals surface area contributed by atoms with Crippen molar-refractivity contribution in [1.29, 1.82) is 5.41 Å². The first-order valence-corrected chi connectivity index (χ1v) is 7.90. The summed E-state index contributed by atoms with van der Waals surface area (Å²) in [5.74, 6) is -0.197. The molecule has 0 fully saturated rings. The van der Waals surface area contributed by atoms with E-state index in [0.29, 0.717) is 26.1 Å². The number of fused-ring (bicyclic) bond motifs is 1. The number of rotatable bonds is 3. The fourth-order valence-corrected chi connectivity index (χ4v) is 3.37. The van der Waals surface area contributed by atoms with Crippen LogP contribution in [0.25, 0.3) is 11.0 Å². The van der Waals surface area contributed by atoms with Crippen molar-refractivity contribution in [2.45, 2.75) is 6.54 Å². The van der Waals surface area contributed by atoms with Crippen LogP contribution in [0.1, 0.15) is 10.4 Å². The second-order valence-corrected chi connectivity index (χ2v) is 6.37. The average Bonchev–Trinajstić information content (AvgIpc) is 2.73. The van der Waals surface area contributed by atoms with Gasteiger partial charge < -0.3 is 9.13 Å². The standard InChI is InChI=1S/C16H12Cl3N3O/c1-21-15-11(18)3-2-4-13(15)22(16(21)20)8-14(23)10-6-5-9(17)7-12(10)19/h2-7,20H,8H2,1H3. The number of nitrogens with zero attached hydrogens (tertiary/aromatic N) is 2. The molecule has 23 heavy (non-hydrogen) atoms. The molecule has 0 amide bonds. The van der Waals surface area contributed by atoms with Gasteiger partial charge in [0.05, 0.1) is 27.6 Å². The molecule has 7 heteroatoms. The Morgan fingerprint density at radius 3 is 2.57 bits per heavy atom. The number of nitrogens with one attached hydrogen (secondary N) is 1. The molecule has 0 atom stereocenters. The number of hydrogen-bond donors (Lipinski definition) is 1. The first-order valence-electron chi connectivity index (χ1n) is 6.76. The van der Waals surface area contributed by atoms with Gasteiger partial charge in [-0.2, -0.15) is 0 Å². The molecule has 0 unspecified atom stereocenters. The highest BCUT2D eigenvalue weighted by atomic mass is 35.5. The number of para-hydroxylation sites is 1. The molecular formula is C16H12Cl3N3O.